The predicted octanol–water partition coefficient (Wildman–Crippen LogP) is 0.868. The standard InChI is InChI=1S/C12H24N2O2/c1-9(2)11(12(15)16-4)13-10-6-5-7-14(3)8-10/h9-11,13H,5-8H2,1-4H3. The Morgan fingerprint density at radius 1 is 1.50 bits per heavy atom. The van der Waals surface area contributed by atoms with Crippen molar-refractivity contribution < 1.29 is 9.53 Å². The highest BCUT2D eigenvalue weighted by Crippen LogP contribution is 2.12. The summed E-state index contributed by atoms with van der Waals surface area (Å²) in [6.07, 6.45) is 2.34. The van der Waals surface area contributed by atoms with Crippen LogP contribution in [0.3, 0.4) is 0 Å². The second-order valence-corrected chi connectivity index (χ2v) is 5.01. The molecular weight excluding hydrogens is 204 g/mol. The quantitative estimate of drug-likeness (QED) is 0.725. The number of hydrogen-bond acceptors (Lipinski definition) is 4. The second-order valence-electron chi connectivity index (χ2n) is 5.01. The van der Waals surface area contributed by atoms with Gasteiger partial charge in [0.1, 0.15) is 6.04 Å². The first-order valence-corrected chi connectivity index (χ1v) is 6.07. The minimum atomic E-state index is -0.179. The Morgan fingerprint density at radius 3 is 2.69 bits per heavy atom. The summed E-state index contributed by atoms with van der Waals surface area (Å²) >= 11 is 0. The highest BCUT2D eigenvalue weighted by molar-refractivity contribution is 5.75. The van der Waals surface area contributed by atoms with Gasteiger partial charge >= 0.3 is 5.97 Å². The Kier molecular flexibility index (Phi) is 5.22. The number of hydrogen-bond donors (Lipinski definition) is 1. The summed E-state index contributed by atoms with van der Waals surface area (Å²) in [6.45, 7) is 6.26. The van der Waals surface area contributed by atoms with Crippen molar-refractivity contribution in [1.82, 2.24) is 10.2 Å². The lowest BCUT2D eigenvalue weighted by Crippen LogP contribution is -2.52. The van der Waals surface area contributed by atoms with Gasteiger partial charge in [0.25, 0.3) is 0 Å². The molecule has 0 aromatic carbocycles. The summed E-state index contributed by atoms with van der Waals surface area (Å²) in [5.74, 6) is 0.114. The summed E-state index contributed by atoms with van der Waals surface area (Å²) in [4.78, 5) is 13.9. The molecule has 1 fully saturated rings. The zero-order valence-electron chi connectivity index (χ0n) is 10.8. The van der Waals surface area contributed by atoms with E-state index in [1.54, 1.807) is 0 Å². The zero-order chi connectivity index (χ0) is 12.1. The number of nitrogens with one attached hydrogen (secondary N) is 1. The number of piperidine rings is 1. The van der Waals surface area contributed by atoms with E-state index < -0.39 is 0 Å². The average Bonchev–Trinajstić information content (AvgIpc) is 2.24. The van der Waals surface area contributed by atoms with Crippen LogP contribution in [0.1, 0.15) is 26.7 Å². The third kappa shape index (κ3) is 3.76. The fourth-order valence-electron chi connectivity index (χ4n) is 2.22. The van der Waals surface area contributed by atoms with Crippen LogP contribution in [-0.4, -0.2) is 50.2 Å². The van der Waals surface area contributed by atoms with Crippen LogP contribution in [0.15, 0.2) is 0 Å². The molecule has 94 valence electrons. The van der Waals surface area contributed by atoms with E-state index in [1.807, 2.05) is 13.8 Å². The van der Waals surface area contributed by atoms with Crippen LogP contribution in [0, 0.1) is 5.92 Å². The van der Waals surface area contributed by atoms with E-state index in [0.717, 1.165) is 19.5 Å². The zero-order valence-corrected chi connectivity index (χ0v) is 10.8. The van der Waals surface area contributed by atoms with E-state index in [2.05, 4.69) is 17.3 Å². The molecule has 0 amide bonds. The monoisotopic (exact) mass is 228 g/mol. The number of likely N-dealkylation sites (tertiary alicyclic amines) is 1. The third-order valence-electron chi connectivity index (χ3n) is 3.16. The van der Waals surface area contributed by atoms with Gasteiger partial charge in [0.2, 0.25) is 0 Å². The van der Waals surface area contributed by atoms with Crippen molar-refractivity contribution in [1.29, 1.82) is 0 Å². The van der Waals surface area contributed by atoms with Crippen LogP contribution in [0.2, 0.25) is 0 Å². The molecule has 2 unspecified atom stereocenters. The summed E-state index contributed by atoms with van der Waals surface area (Å²) in [6, 6.07) is 0.228. The van der Waals surface area contributed by atoms with Crippen LogP contribution in [-0.2, 0) is 9.53 Å². The van der Waals surface area contributed by atoms with Crippen molar-refractivity contribution in [2.24, 2.45) is 5.92 Å². The lowest BCUT2D eigenvalue weighted by molar-refractivity contribution is -0.144. The number of nitrogens with zero attached hydrogens (tertiary/aromatic N) is 1. The minimum Gasteiger partial charge on any atom is -0.468 e. The largest absolute Gasteiger partial charge is 0.468 e. The average molecular weight is 228 g/mol. The Balaban J connectivity index is 2.50. The van der Waals surface area contributed by atoms with Crippen molar-refractivity contribution in [3.63, 3.8) is 0 Å². The summed E-state index contributed by atoms with van der Waals surface area (Å²) in [5.41, 5.74) is 0. The van der Waals surface area contributed by atoms with Gasteiger partial charge in [0.15, 0.2) is 0 Å². The minimum absolute atomic E-state index is 0.150. The Morgan fingerprint density at radius 2 is 2.19 bits per heavy atom. The number of esters is 1. The summed E-state index contributed by atoms with van der Waals surface area (Å²) in [5, 5.41) is 3.42. The topological polar surface area (TPSA) is 41.6 Å². The number of carbonyl (C=O) groups excluding carboxylic acids is 1. The fraction of sp³-hybridized carbons (Fsp3) is 0.917. The Hall–Kier alpha value is -0.610. The molecule has 16 heavy (non-hydrogen) atoms. The third-order valence-corrected chi connectivity index (χ3v) is 3.16. The molecule has 0 spiro atoms. The van der Waals surface area contributed by atoms with Gasteiger partial charge in [-0.2, -0.15) is 0 Å². The van der Waals surface area contributed by atoms with Gasteiger partial charge in [-0.05, 0) is 32.4 Å². The normalized spacial score (nSPS) is 24.4. The molecule has 1 saturated heterocycles. The van der Waals surface area contributed by atoms with Crippen molar-refractivity contribution >= 4 is 5.97 Å². The Labute approximate surface area is 98.3 Å². The van der Waals surface area contributed by atoms with E-state index in [0.29, 0.717) is 6.04 Å². The predicted molar refractivity (Wildman–Crippen MR) is 64.3 cm³/mol. The van der Waals surface area contributed by atoms with Gasteiger partial charge in [-0.25, -0.2) is 0 Å². The van der Waals surface area contributed by atoms with Gasteiger partial charge < -0.3 is 15.0 Å². The van der Waals surface area contributed by atoms with Crippen molar-refractivity contribution in [2.45, 2.75) is 38.8 Å². The molecule has 2 atom stereocenters. The number of methoxy groups -OCH3 is 1. The van der Waals surface area contributed by atoms with E-state index in [4.69, 9.17) is 4.74 Å². The highest BCUT2D eigenvalue weighted by atomic mass is 16.5. The van der Waals surface area contributed by atoms with Gasteiger partial charge in [-0.3, -0.25) is 4.79 Å². The van der Waals surface area contributed by atoms with Gasteiger partial charge in [0.05, 0.1) is 7.11 Å². The SMILES string of the molecule is COC(=O)C(NC1CCCN(C)C1)C(C)C. The van der Waals surface area contributed by atoms with E-state index >= 15 is 0 Å². The first-order valence-electron chi connectivity index (χ1n) is 6.07. The molecule has 1 heterocycles. The van der Waals surface area contributed by atoms with Crippen molar-refractivity contribution in [2.75, 3.05) is 27.2 Å². The second kappa shape index (κ2) is 6.21. The first-order chi connectivity index (χ1) is 7.54. The number of carbonyl (C=O) groups is 1. The Bertz CT molecular complexity index is 231. The lowest BCUT2D eigenvalue weighted by atomic mass is 10.00. The van der Waals surface area contributed by atoms with E-state index in [1.165, 1.54) is 13.5 Å². The molecule has 0 aliphatic carbocycles. The van der Waals surface area contributed by atoms with Gasteiger partial charge in [-0.1, -0.05) is 13.8 Å². The molecule has 0 radical (unpaired) electrons. The van der Waals surface area contributed by atoms with Gasteiger partial charge in [0, 0.05) is 12.6 Å². The smallest absolute Gasteiger partial charge is 0.323 e. The maximum Gasteiger partial charge on any atom is 0.323 e. The highest BCUT2D eigenvalue weighted by Gasteiger charge is 2.27. The summed E-state index contributed by atoms with van der Waals surface area (Å²) in [7, 11) is 3.57. The van der Waals surface area contributed by atoms with Crippen LogP contribution >= 0.6 is 0 Å². The molecule has 1 aliphatic rings. The maximum absolute atomic E-state index is 11.6. The molecule has 1 rings (SSSR count). The molecule has 0 bridgehead atoms. The number of ether oxygens (including phenoxy) is 1. The van der Waals surface area contributed by atoms with Crippen molar-refractivity contribution in [3.05, 3.63) is 0 Å². The van der Waals surface area contributed by atoms with Crippen LogP contribution < -0.4 is 5.32 Å². The molecule has 1 aliphatic heterocycles. The van der Waals surface area contributed by atoms with Crippen LogP contribution in [0.25, 0.3) is 0 Å². The maximum atomic E-state index is 11.6. The molecule has 0 aromatic rings. The van der Waals surface area contributed by atoms with E-state index in [9.17, 15) is 4.79 Å². The molecule has 0 saturated carbocycles. The molecule has 0 aromatic heterocycles. The van der Waals surface area contributed by atoms with Crippen molar-refractivity contribution in [3.8, 4) is 0 Å². The molecule has 4 nitrogen and oxygen atoms in total. The van der Waals surface area contributed by atoms with Gasteiger partial charge in [-0.15, -0.1) is 0 Å². The number of rotatable bonds is 4. The molecule has 1 N–H and O–H groups in total. The number of likely N-dealkylation sites (N-methyl/N-ethyl adjacent to an activating group) is 1. The fourth-order valence-corrected chi connectivity index (χ4v) is 2.22. The molecule has 4 heteroatoms. The van der Waals surface area contributed by atoms with Crippen LogP contribution in [0.5, 0.6) is 0 Å². The summed E-state index contributed by atoms with van der Waals surface area (Å²) < 4.78 is 4.83. The van der Waals surface area contributed by atoms with Crippen LogP contribution in [0.4, 0.5) is 0 Å². The molecular formula is C12H24N2O2. The van der Waals surface area contributed by atoms with E-state index in [-0.39, 0.29) is 17.9 Å². The lowest BCUT2D eigenvalue weighted by Gasteiger charge is -2.33. The first kappa shape index (κ1) is 13.5.